The lowest BCUT2D eigenvalue weighted by molar-refractivity contribution is -0.0733. The largest absolute Gasteiger partial charge is 0.444 e. The molecule has 0 radical (unpaired) electrons. The van der Waals surface area contributed by atoms with Crippen molar-refractivity contribution in [3.05, 3.63) is 0 Å². The predicted octanol–water partition coefficient (Wildman–Crippen LogP) is 2.84. The van der Waals surface area contributed by atoms with Gasteiger partial charge in [0, 0.05) is 0 Å². The normalized spacial score (nSPS) is 21.0. The van der Waals surface area contributed by atoms with Gasteiger partial charge >= 0.3 is 6.09 Å². The summed E-state index contributed by atoms with van der Waals surface area (Å²) in [5, 5.41) is 12.2. The Balaban J connectivity index is 2.77. The molecule has 0 aliphatic heterocycles. The first-order valence-electron chi connectivity index (χ1n) is 6.64. The van der Waals surface area contributed by atoms with Crippen LogP contribution in [0, 0.1) is 0 Å². The highest BCUT2D eigenvalue weighted by molar-refractivity contribution is 5.69. The Bertz CT molecular complexity index is 310. The summed E-state index contributed by atoms with van der Waals surface area (Å²) in [5.41, 5.74) is -1.97. The van der Waals surface area contributed by atoms with Crippen molar-refractivity contribution >= 4 is 6.09 Å². The van der Waals surface area contributed by atoms with Crippen molar-refractivity contribution < 1.29 is 23.4 Å². The van der Waals surface area contributed by atoms with E-state index in [9.17, 15) is 18.7 Å². The number of hydrogen-bond acceptors (Lipinski definition) is 3. The van der Waals surface area contributed by atoms with Crippen LogP contribution in [0.1, 0.15) is 52.9 Å². The second-order valence-corrected chi connectivity index (χ2v) is 6.12. The number of alkyl carbamates (subject to hydrolysis) is 1. The molecule has 1 fully saturated rings. The maximum absolute atomic E-state index is 12.8. The quantitative estimate of drug-likeness (QED) is 0.835. The lowest BCUT2D eigenvalue weighted by atomic mass is 9.77. The first-order valence-corrected chi connectivity index (χ1v) is 6.64. The van der Waals surface area contributed by atoms with Crippen LogP contribution in [0.25, 0.3) is 0 Å². The van der Waals surface area contributed by atoms with Gasteiger partial charge in [0.05, 0.1) is 5.54 Å². The van der Waals surface area contributed by atoms with E-state index in [1.165, 1.54) is 0 Å². The highest BCUT2D eigenvalue weighted by Gasteiger charge is 2.45. The maximum Gasteiger partial charge on any atom is 0.408 e. The molecule has 1 atom stereocenters. The van der Waals surface area contributed by atoms with Gasteiger partial charge in [0.25, 0.3) is 6.43 Å². The number of rotatable bonds is 3. The molecule has 19 heavy (non-hydrogen) atoms. The number of carbonyl (C=O) groups is 1. The van der Waals surface area contributed by atoms with E-state index in [1.54, 1.807) is 20.8 Å². The minimum absolute atomic E-state index is 0.345. The summed E-state index contributed by atoms with van der Waals surface area (Å²) >= 11 is 0. The van der Waals surface area contributed by atoms with Crippen LogP contribution in [0.3, 0.4) is 0 Å². The van der Waals surface area contributed by atoms with Gasteiger partial charge in [0.1, 0.15) is 11.7 Å². The Hall–Kier alpha value is -0.910. The number of halogens is 2. The minimum Gasteiger partial charge on any atom is -0.444 e. The molecule has 1 amide bonds. The zero-order chi connectivity index (χ0) is 14.7. The fraction of sp³-hybridized carbons (Fsp3) is 0.923. The van der Waals surface area contributed by atoms with Gasteiger partial charge in [0.2, 0.25) is 0 Å². The van der Waals surface area contributed by atoms with Crippen LogP contribution < -0.4 is 5.32 Å². The zero-order valence-electron chi connectivity index (χ0n) is 11.7. The van der Waals surface area contributed by atoms with Crippen molar-refractivity contribution in [2.45, 2.75) is 76.5 Å². The number of hydrogen-bond donors (Lipinski definition) is 2. The molecular weight excluding hydrogens is 256 g/mol. The summed E-state index contributed by atoms with van der Waals surface area (Å²) < 4.78 is 30.7. The summed E-state index contributed by atoms with van der Waals surface area (Å²) in [7, 11) is 0. The second kappa shape index (κ2) is 6.03. The number of ether oxygens (including phenoxy) is 1. The Labute approximate surface area is 112 Å². The van der Waals surface area contributed by atoms with Gasteiger partial charge in [-0.2, -0.15) is 0 Å². The molecular formula is C13H23F2NO3. The summed E-state index contributed by atoms with van der Waals surface area (Å²) in [4.78, 5) is 11.8. The topological polar surface area (TPSA) is 58.6 Å². The van der Waals surface area contributed by atoms with E-state index in [4.69, 9.17) is 4.74 Å². The molecule has 1 unspecified atom stereocenters. The van der Waals surface area contributed by atoms with E-state index in [0.717, 1.165) is 6.42 Å². The van der Waals surface area contributed by atoms with Gasteiger partial charge in [-0.15, -0.1) is 0 Å². The average molecular weight is 279 g/mol. The molecule has 112 valence electrons. The molecule has 1 aliphatic rings. The van der Waals surface area contributed by atoms with E-state index in [1.807, 2.05) is 0 Å². The van der Waals surface area contributed by atoms with E-state index in [0.29, 0.717) is 25.7 Å². The van der Waals surface area contributed by atoms with E-state index >= 15 is 0 Å². The number of aliphatic hydroxyl groups is 1. The Morgan fingerprint density at radius 2 is 1.79 bits per heavy atom. The standard InChI is InChI=1S/C13H23F2NO3/c1-12(2,3)19-11(18)16-13(9(17)10(14)15)7-5-4-6-8-13/h9-10,17H,4-8H2,1-3H3,(H,16,18). The third-order valence-electron chi connectivity index (χ3n) is 3.30. The van der Waals surface area contributed by atoms with Gasteiger partial charge in [-0.1, -0.05) is 19.3 Å². The van der Waals surface area contributed by atoms with Crippen LogP contribution >= 0.6 is 0 Å². The van der Waals surface area contributed by atoms with Crippen LogP contribution in [-0.2, 0) is 4.74 Å². The van der Waals surface area contributed by atoms with Crippen molar-refractivity contribution in [1.82, 2.24) is 5.32 Å². The summed E-state index contributed by atoms with van der Waals surface area (Å²) in [6, 6.07) is 0. The van der Waals surface area contributed by atoms with Crippen LogP contribution in [0.4, 0.5) is 13.6 Å². The fourth-order valence-electron chi connectivity index (χ4n) is 2.43. The molecule has 4 nitrogen and oxygen atoms in total. The highest BCUT2D eigenvalue weighted by Crippen LogP contribution is 2.33. The molecule has 1 rings (SSSR count). The maximum atomic E-state index is 12.8. The van der Waals surface area contributed by atoms with Crippen molar-refractivity contribution in [2.75, 3.05) is 0 Å². The third kappa shape index (κ3) is 4.60. The number of carbonyl (C=O) groups excluding carboxylic acids is 1. The summed E-state index contributed by atoms with van der Waals surface area (Å²) in [6.07, 6.45) is -2.47. The molecule has 0 bridgehead atoms. The molecule has 2 N–H and O–H groups in total. The molecule has 0 aromatic rings. The van der Waals surface area contributed by atoms with Crippen molar-refractivity contribution in [3.63, 3.8) is 0 Å². The van der Waals surface area contributed by atoms with E-state index < -0.39 is 29.8 Å². The smallest absolute Gasteiger partial charge is 0.408 e. The minimum atomic E-state index is -2.88. The molecule has 1 saturated carbocycles. The van der Waals surface area contributed by atoms with E-state index in [-0.39, 0.29) is 0 Å². The van der Waals surface area contributed by atoms with Gasteiger partial charge < -0.3 is 15.2 Å². The summed E-state index contributed by atoms with van der Waals surface area (Å²) in [5.74, 6) is 0. The highest BCUT2D eigenvalue weighted by atomic mass is 19.3. The first-order chi connectivity index (χ1) is 8.66. The Morgan fingerprint density at radius 1 is 1.26 bits per heavy atom. The molecule has 6 heteroatoms. The van der Waals surface area contributed by atoms with Crippen LogP contribution in [0.5, 0.6) is 0 Å². The first kappa shape index (κ1) is 16.1. The monoisotopic (exact) mass is 279 g/mol. The summed E-state index contributed by atoms with van der Waals surface area (Å²) in [6.45, 7) is 5.09. The average Bonchev–Trinajstić information content (AvgIpc) is 2.26. The van der Waals surface area contributed by atoms with E-state index in [2.05, 4.69) is 5.32 Å². The second-order valence-electron chi connectivity index (χ2n) is 6.12. The molecule has 0 heterocycles. The molecule has 0 spiro atoms. The fourth-order valence-corrected chi connectivity index (χ4v) is 2.43. The van der Waals surface area contributed by atoms with Crippen molar-refractivity contribution in [2.24, 2.45) is 0 Å². The van der Waals surface area contributed by atoms with Crippen molar-refractivity contribution in [3.8, 4) is 0 Å². The lowest BCUT2D eigenvalue weighted by Gasteiger charge is -2.41. The lowest BCUT2D eigenvalue weighted by Crippen LogP contribution is -2.60. The third-order valence-corrected chi connectivity index (χ3v) is 3.30. The SMILES string of the molecule is CC(C)(C)OC(=O)NC1(C(O)C(F)F)CCCCC1. The number of alkyl halides is 2. The molecule has 0 aromatic carbocycles. The molecule has 0 saturated heterocycles. The van der Waals surface area contributed by atoms with Crippen LogP contribution in [-0.4, -0.2) is 34.9 Å². The van der Waals surface area contributed by atoms with Gasteiger partial charge in [-0.05, 0) is 33.6 Å². The number of nitrogens with one attached hydrogen (secondary N) is 1. The van der Waals surface area contributed by atoms with Gasteiger partial charge in [0.15, 0.2) is 0 Å². The predicted molar refractivity (Wildman–Crippen MR) is 67.2 cm³/mol. The molecule has 0 aromatic heterocycles. The van der Waals surface area contributed by atoms with Gasteiger partial charge in [-0.3, -0.25) is 0 Å². The zero-order valence-corrected chi connectivity index (χ0v) is 11.7. The van der Waals surface area contributed by atoms with Crippen LogP contribution in [0.15, 0.2) is 0 Å². The Kier molecular flexibility index (Phi) is 5.12. The molecule has 1 aliphatic carbocycles. The number of amides is 1. The van der Waals surface area contributed by atoms with Gasteiger partial charge in [-0.25, -0.2) is 13.6 Å². The van der Waals surface area contributed by atoms with Crippen LogP contribution in [0.2, 0.25) is 0 Å². The number of aliphatic hydroxyl groups excluding tert-OH is 1. The van der Waals surface area contributed by atoms with Crippen molar-refractivity contribution in [1.29, 1.82) is 0 Å². The Morgan fingerprint density at radius 3 is 2.21 bits per heavy atom.